The Morgan fingerprint density at radius 3 is 2.79 bits per heavy atom. The van der Waals surface area contributed by atoms with Gasteiger partial charge in [0.2, 0.25) is 0 Å². The van der Waals surface area contributed by atoms with Crippen molar-refractivity contribution in [3.05, 3.63) is 39.1 Å². The van der Waals surface area contributed by atoms with E-state index >= 15 is 0 Å². The van der Waals surface area contributed by atoms with Gasteiger partial charge in [-0.25, -0.2) is 0 Å². The molecule has 0 bridgehead atoms. The van der Waals surface area contributed by atoms with Gasteiger partial charge < -0.3 is 10.5 Å². The third kappa shape index (κ3) is 2.79. The zero-order chi connectivity index (χ0) is 14.0. The molecule has 0 saturated heterocycles. The van der Waals surface area contributed by atoms with Crippen molar-refractivity contribution < 1.29 is 9.66 Å². The van der Waals surface area contributed by atoms with E-state index in [4.69, 9.17) is 10.5 Å². The number of anilines is 1. The fraction of sp³-hybridized carbons (Fsp3) is 0.273. The van der Waals surface area contributed by atoms with E-state index in [1.54, 1.807) is 13.8 Å². The molecule has 0 aliphatic carbocycles. The van der Waals surface area contributed by atoms with Crippen LogP contribution in [0.1, 0.15) is 16.8 Å². The first-order chi connectivity index (χ1) is 8.99. The Kier molecular flexibility index (Phi) is 3.61. The van der Waals surface area contributed by atoms with Crippen LogP contribution in [0.3, 0.4) is 0 Å². The number of nitro groups is 1. The van der Waals surface area contributed by atoms with Gasteiger partial charge in [0.15, 0.2) is 5.75 Å². The van der Waals surface area contributed by atoms with Crippen LogP contribution in [-0.4, -0.2) is 14.5 Å². The lowest BCUT2D eigenvalue weighted by atomic mass is 10.1. The van der Waals surface area contributed by atoms with Crippen molar-refractivity contribution in [1.29, 1.82) is 0 Å². The van der Waals surface area contributed by atoms with Crippen molar-refractivity contribution >= 4 is 22.2 Å². The lowest BCUT2D eigenvalue weighted by molar-refractivity contribution is -0.386. The maximum atomic E-state index is 11.0. The molecule has 1 aromatic heterocycles. The van der Waals surface area contributed by atoms with Crippen LogP contribution in [0, 0.1) is 24.0 Å². The highest BCUT2D eigenvalue weighted by molar-refractivity contribution is 7.09. The van der Waals surface area contributed by atoms with Crippen molar-refractivity contribution in [2.45, 2.75) is 20.5 Å². The first kappa shape index (κ1) is 13.2. The van der Waals surface area contributed by atoms with Crippen molar-refractivity contribution in [3.63, 3.8) is 0 Å². The van der Waals surface area contributed by atoms with E-state index in [9.17, 15) is 10.1 Å². The number of nitrogen functional groups attached to an aromatic ring is 1. The summed E-state index contributed by atoms with van der Waals surface area (Å²) < 4.78 is 9.17. The Hall–Kier alpha value is -2.22. The number of nitrogens with zero attached hydrogens (tertiary/aromatic N) is 3. The van der Waals surface area contributed by atoms with Gasteiger partial charge in [0.1, 0.15) is 17.3 Å². The molecule has 1 heterocycles. The van der Waals surface area contributed by atoms with Crippen LogP contribution in [0.5, 0.6) is 5.75 Å². The fourth-order valence-electron chi connectivity index (χ4n) is 1.71. The summed E-state index contributed by atoms with van der Waals surface area (Å²) in [5.41, 5.74) is 7.59. The fourth-order valence-corrected chi connectivity index (χ4v) is 2.14. The van der Waals surface area contributed by atoms with Crippen LogP contribution in [0.2, 0.25) is 0 Å². The average molecular weight is 280 g/mol. The van der Waals surface area contributed by atoms with Gasteiger partial charge >= 0.3 is 5.69 Å². The Labute approximate surface area is 113 Å². The molecule has 0 amide bonds. The number of aryl methyl sites for hydroxylation is 2. The van der Waals surface area contributed by atoms with E-state index in [1.165, 1.54) is 6.07 Å². The molecule has 0 spiro atoms. The van der Waals surface area contributed by atoms with Crippen molar-refractivity contribution in [2.24, 2.45) is 0 Å². The molecule has 7 nitrogen and oxygen atoms in total. The Balaban J connectivity index is 2.29. The number of benzene rings is 1. The Bertz CT molecular complexity index is 626. The largest absolute Gasteiger partial charge is 0.480 e. The van der Waals surface area contributed by atoms with Gasteiger partial charge in [0.05, 0.1) is 4.92 Å². The lowest BCUT2D eigenvalue weighted by Gasteiger charge is -2.09. The van der Waals surface area contributed by atoms with E-state index < -0.39 is 4.92 Å². The zero-order valence-corrected chi connectivity index (χ0v) is 11.2. The van der Waals surface area contributed by atoms with Crippen LogP contribution in [-0.2, 0) is 6.61 Å². The first-order valence-electron chi connectivity index (χ1n) is 5.44. The highest BCUT2D eigenvalue weighted by atomic mass is 32.1. The van der Waals surface area contributed by atoms with Crippen LogP contribution >= 0.6 is 11.5 Å². The number of nitro benzene ring substituents is 1. The van der Waals surface area contributed by atoms with Gasteiger partial charge in [-0.15, -0.1) is 5.10 Å². The molecule has 2 N–H and O–H groups in total. The number of hydrogen-bond donors (Lipinski definition) is 1. The standard InChI is InChI=1S/C11H12N4O3S/c1-6-3-7(2)10(9(4-6)15(16)17)18-5-8-11(12)19-14-13-8/h3-4H,5,12H2,1-2H3. The van der Waals surface area contributed by atoms with E-state index in [0.717, 1.165) is 17.1 Å². The molecular weight excluding hydrogens is 268 g/mol. The van der Waals surface area contributed by atoms with Crippen LogP contribution < -0.4 is 10.5 Å². The molecule has 0 aliphatic heterocycles. The van der Waals surface area contributed by atoms with E-state index in [-0.39, 0.29) is 18.0 Å². The normalized spacial score (nSPS) is 10.4. The molecule has 2 aromatic rings. The smallest absolute Gasteiger partial charge is 0.311 e. The van der Waals surface area contributed by atoms with E-state index in [2.05, 4.69) is 9.59 Å². The number of hydrogen-bond acceptors (Lipinski definition) is 7. The monoisotopic (exact) mass is 280 g/mol. The molecular formula is C11H12N4O3S. The predicted molar refractivity (Wildman–Crippen MR) is 71.2 cm³/mol. The number of rotatable bonds is 4. The maximum absolute atomic E-state index is 11.0. The molecule has 100 valence electrons. The number of nitrogens with two attached hydrogens (primary N) is 1. The molecule has 0 radical (unpaired) electrons. The summed E-state index contributed by atoms with van der Waals surface area (Å²) in [6.45, 7) is 3.62. The summed E-state index contributed by atoms with van der Waals surface area (Å²) in [5, 5.41) is 15.3. The van der Waals surface area contributed by atoms with Crippen LogP contribution in [0.15, 0.2) is 12.1 Å². The molecule has 0 atom stereocenters. The first-order valence-corrected chi connectivity index (χ1v) is 6.21. The second-order valence-electron chi connectivity index (χ2n) is 4.06. The van der Waals surface area contributed by atoms with Gasteiger partial charge in [-0.05, 0) is 25.0 Å². The molecule has 2 rings (SSSR count). The van der Waals surface area contributed by atoms with Gasteiger partial charge in [0.25, 0.3) is 0 Å². The van der Waals surface area contributed by atoms with Gasteiger partial charge in [0, 0.05) is 17.6 Å². The third-order valence-electron chi connectivity index (χ3n) is 2.53. The molecule has 0 fully saturated rings. The van der Waals surface area contributed by atoms with E-state index in [1.807, 2.05) is 6.07 Å². The van der Waals surface area contributed by atoms with Gasteiger partial charge in [-0.1, -0.05) is 10.6 Å². The summed E-state index contributed by atoms with van der Waals surface area (Å²) in [6.07, 6.45) is 0. The topological polar surface area (TPSA) is 104 Å². The highest BCUT2D eigenvalue weighted by Gasteiger charge is 2.19. The van der Waals surface area contributed by atoms with Gasteiger partial charge in [-0.2, -0.15) is 0 Å². The van der Waals surface area contributed by atoms with Crippen LogP contribution in [0.25, 0.3) is 0 Å². The minimum atomic E-state index is -0.460. The predicted octanol–water partition coefficient (Wildman–Crippen LogP) is 2.22. The van der Waals surface area contributed by atoms with Crippen LogP contribution in [0.4, 0.5) is 10.7 Å². The van der Waals surface area contributed by atoms with Crippen molar-refractivity contribution in [1.82, 2.24) is 9.59 Å². The second-order valence-corrected chi connectivity index (χ2v) is 4.85. The summed E-state index contributed by atoms with van der Waals surface area (Å²) in [7, 11) is 0. The Morgan fingerprint density at radius 2 is 2.21 bits per heavy atom. The van der Waals surface area contributed by atoms with Crippen molar-refractivity contribution in [2.75, 3.05) is 5.73 Å². The summed E-state index contributed by atoms with van der Waals surface area (Å²) in [5.74, 6) is 0.239. The number of ether oxygens (including phenoxy) is 1. The molecule has 1 aromatic carbocycles. The minimum Gasteiger partial charge on any atom is -0.480 e. The number of aromatic nitrogens is 2. The molecule has 8 heteroatoms. The third-order valence-corrected chi connectivity index (χ3v) is 3.13. The summed E-state index contributed by atoms with van der Waals surface area (Å²) in [4.78, 5) is 10.6. The SMILES string of the molecule is Cc1cc(C)c(OCc2nnsc2N)c([N+](=O)[O-])c1. The van der Waals surface area contributed by atoms with Crippen molar-refractivity contribution in [3.8, 4) is 5.75 Å². The second kappa shape index (κ2) is 5.19. The highest BCUT2D eigenvalue weighted by Crippen LogP contribution is 2.32. The molecule has 0 saturated carbocycles. The summed E-state index contributed by atoms with van der Waals surface area (Å²) >= 11 is 1.06. The minimum absolute atomic E-state index is 0.0562. The Morgan fingerprint density at radius 1 is 1.47 bits per heavy atom. The molecule has 0 unspecified atom stereocenters. The molecule has 19 heavy (non-hydrogen) atoms. The quantitative estimate of drug-likeness (QED) is 0.680. The summed E-state index contributed by atoms with van der Waals surface area (Å²) in [6, 6.07) is 3.30. The van der Waals surface area contributed by atoms with Gasteiger partial charge in [-0.3, -0.25) is 10.1 Å². The van der Waals surface area contributed by atoms with E-state index in [0.29, 0.717) is 16.3 Å². The maximum Gasteiger partial charge on any atom is 0.311 e. The lowest BCUT2D eigenvalue weighted by Crippen LogP contribution is -2.03. The average Bonchev–Trinajstić information content (AvgIpc) is 2.73. The zero-order valence-electron chi connectivity index (χ0n) is 10.4. The molecule has 0 aliphatic rings.